The number of carbonyl (C=O) groups excluding carboxylic acids is 2. The molecular weight excluding hydrogens is 1080 g/mol. The minimum atomic E-state index is -5.23. The van der Waals surface area contributed by atoms with Crippen LogP contribution in [-0.2, 0) is 61.0 Å². The van der Waals surface area contributed by atoms with Gasteiger partial charge in [-0.3, -0.25) is 19.6 Å². The van der Waals surface area contributed by atoms with Gasteiger partial charge in [0, 0.05) is 53.8 Å². The molecule has 5 aromatic rings. The predicted molar refractivity (Wildman–Crippen MR) is 248 cm³/mol. The molecule has 3 aliphatic rings. The van der Waals surface area contributed by atoms with Gasteiger partial charge in [-0.05, 0) is 74.4 Å². The van der Waals surface area contributed by atoms with E-state index in [1.165, 1.54) is 13.8 Å². The Hall–Kier alpha value is -6.67. The van der Waals surface area contributed by atoms with Crippen molar-refractivity contribution in [3.8, 4) is 23.0 Å². The highest BCUT2D eigenvalue weighted by Crippen LogP contribution is 2.68. The summed E-state index contributed by atoms with van der Waals surface area (Å²) in [5, 5.41) is 18.6. The van der Waals surface area contributed by atoms with E-state index >= 15 is 8.78 Å². The topological polar surface area (TPSA) is 237 Å². The molecule has 3 aromatic heterocycles. The Kier molecular flexibility index (Phi) is 13.7. The molecule has 8 rings (SSSR count). The zero-order valence-corrected chi connectivity index (χ0v) is 41.7. The standard InChI is InChI=1S/C45H41ClF10N10O7S2/c1-42(2,74(3,69)70)10-9-23-5-6-26(27-7-8-30(46)34-36(27)65(19-43(49,50)51)63-39(34)66(75(4,71)72)41(68)73-25-15-24(16-25)60-40(57)58)35(59-23)31(13-20-11-21(47)14-22(48)12-20)61-32(67)18-64-38-33(37(62-64)45(54,55)56)28-17-29(28)44(38,52)53/h5-8,11-12,14,24-25,28-29,31H,13,15-19H2,1-4H3,(H,61,67)(H4,57,58,60)/t24-,25-,28-,29+,31-/m0/s1. The Labute approximate surface area is 424 Å². The van der Waals surface area contributed by atoms with Gasteiger partial charge in [0.2, 0.25) is 15.9 Å². The summed E-state index contributed by atoms with van der Waals surface area (Å²) in [6, 6.07) is 4.26. The van der Waals surface area contributed by atoms with E-state index in [4.69, 9.17) is 27.5 Å². The smallest absolute Gasteiger partial charge is 0.435 e. The van der Waals surface area contributed by atoms with Crippen molar-refractivity contribution in [1.29, 1.82) is 5.41 Å². The van der Waals surface area contributed by atoms with E-state index in [1.54, 1.807) is 0 Å². The molecule has 3 aliphatic carbocycles. The van der Waals surface area contributed by atoms with Crippen molar-refractivity contribution in [1.82, 2.24) is 35.2 Å². The third kappa shape index (κ3) is 11.0. The lowest BCUT2D eigenvalue weighted by Gasteiger charge is -2.35. The van der Waals surface area contributed by atoms with Gasteiger partial charge in [-0.2, -0.15) is 49.6 Å². The first kappa shape index (κ1) is 54.6. The molecule has 402 valence electrons. The van der Waals surface area contributed by atoms with E-state index in [2.05, 4.69) is 37.7 Å². The molecule has 30 heteroatoms. The quantitative estimate of drug-likeness (QED) is 0.0396. The van der Waals surface area contributed by atoms with Gasteiger partial charge in [-0.25, -0.2) is 35.4 Å². The van der Waals surface area contributed by atoms with Crippen molar-refractivity contribution in [2.24, 2.45) is 11.7 Å². The Bertz CT molecular complexity index is 3480. The molecule has 17 nitrogen and oxygen atoms in total. The first-order valence-corrected chi connectivity index (χ1v) is 26.3. The Morgan fingerprint density at radius 3 is 2.20 bits per heavy atom. The van der Waals surface area contributed by atoms with Crippen LogP contribution in [0.15, 0.2) is 42.5 Å². The van der Waals surface area contributed by atoms with Gasteiger partial charge in [0.1, 0.15) is 47.0 Å². The van der Waals surface area contributed by atoms with E-state index in [0.29, 0.717) is 12.3 Å². The lowest BCUT2D eigenvalue weighted by Crippen LogP contribution is -2.51. The average molecular weight is 1120 g/mol. The summed E-state index contributed by atoms with van der Waals surface area (Å²) in [5.41, 5.74) is -0.633. The molecule has 0 bridgehead atoms. The number of amides is 2. The number of sulfonamides is 1. The normalized spacial score (nSPS) is 19.5. The molecule has 0 radical (unpaired) electrons. The number of nitrogens with two attached hydrogens (primary N) is 1. The average Bonchev–Trinajstić information content (AvgIpc) is 3.76. The van der Waals surface area contributed by atoms with Gasteiger partial charge in [0.05, 0.1) is 33.9 Å². The van der Waals surface area contributed by atoms with Crippen LogP contribution in [0.5, 0.6) is 0 Å². The second-order valence-corrected chi connectivity index (χ2v) is 23.6. The molecular formula is C45H41ClF10N10O7S2. The summed E-state index contributed by atoms with van der Waals surface area (Å²) >= 11 is 6.66. The van der Waals surface area contributed by atoms with Crippen LogP contribution in [0.4, 0.5) is 54.5 Å². The summed E-state index contributed by atoms with van der Waals surface area (Å²) in [7, 11) is -8.79. The highest BCUT2D eigenvalue weighted by Gasteiger charge is 2.68. The fourth-order valence-electron chi connectivity index (χ4n) is 8.97. The molecule has 2 saturated carbocycles. The van der Waals surface area contributed by atoms with Crippen LogP contribution < -0.4 is 20.7 Å². The lowest BCUT2D eigenvalue weighted by atomic mass is 9.89. The van der Waals surface area contributed by atoms with Crippen LogP contribution in [0, 0.1) is 34.8 Å². The zero-order chi connectivity index (χ0) is 55.3. The SMILES string of the molecule is CC(C)(C#Cc1ccc(-c2ccc(Cl)c3c(N(C(=O)O[C@H]4C[C@H](NC(=N)N)C4)S(C)(=O)=O)nn(CC(F)(F)F)c23)c([C@H](Cc2cc(F)cc(F)c2)NC(=O)Cn2nc(C(F)(F)F)c3c2C(F)(F)[C@@H]2C[C@H]32)n1)S(C)(=O)=O. The van der Waals surface area contributed by atoms with E-state index in [0.717, 1.165) is 42.7 Å². The Morgan fingerprint density at radius 2 is 1.61 bits per heavy atom. The minimum absolute atomic E-state index is 0.0320. The number of fused-ring (bicyclic) bond motifs is 4. The summed E-state index contributed by atoms with van der Waals surface area (Å²) in [5.74, 6) is -6.51. The van der Waals surface area contributed by atoms with Gasteiger partial charge in [0.25, 0.3) is 5.92 Å². The molecule has 0 saturated heterocycles. The lowest BCUT2D eigenvalue weighted by molar-refractivity contribution is -0.143. The third-order valence-corrected chi connectivity index (χ3v) is 16.0. The van der Waals surface area contributed by atoms with Crippen molar-refractivity contribution in [3.05, 3.63) is 93.0 Å². The Balaban J connectivity index is 1.33. The molecule has 2 amide bonds. The summed E-state index contributed by atoms with van der Waals surface area (Å²) < 4.78 is 204. The van der Waals surface area contributed by atoms with Crippen molar-refractivity contribution in [2.75, 3.05) is 16.8 Å². The van der Waals surface area contributed by atoms with E-state index in [9.17, 15) is 61.5 Å². The first-order valence-electron chi connectivity index (χ1n) is 22.2. The van der Waals surface area contributed by atoms with Crippen LogP contribution in [0.3, 0.4) is 0 Å². The number of nitrogens with zero attached hydrogens (tertiary/aromatic N) is 6. The van der Waals surface area contributed by atoms with Crippen molar-refractivity contribution >= 4 is 66.1 Å². The number of nitrogens with one attached hydrogen (secondary N) is 3. The van der Waals surface area contributed by atoms with Crippen LogP contribution >= 0.6 is 11.6 Å². The maximum absolute atomic E-state index is 15.6. The maximum atomic E-state index is 15.6. The number of benzene rings is 2. The van der Waals surface area contributed by atoms with Gasteiger partial charge in [0.15, 0.2) is 27.3 Å². The van der Waals surface area contributed by atoms with Crippen LogP contribution in [-0.4, -0.2) is 94.9 Å². The number of hydrogen-bond donors (Lipinski definition) is 4. The molecule has 0 spiro atoms. The van der Waals surface area contributed by atoms with Crippen molar-refractivity contribution in [3.63, 3.8) is 0 Å². The van der Waals surface area contributed by atoms with Crippen LogP contribution in [0.1, 0.15) is 79.0 Å². The Morgan fingerprint density at radius 1 is 0.973 bits per heavy atom. The maximum Gasteiger partial charge on any atom is 0.435 e. The molecule has 0 aliphatic heterocycles. The number of aromatic nitrogens is 5. The number of rotatable bonds is 13. The highest BCUT2D eigenvalue weighted by atomic mass is 35.5. The fourth-order valence-corrected chi connectivity index (χ4v) is 10.2. The largest absolute Gasteiger partial charge is 0.445 e. The summed E-state index contributed by atoms with van der Waals surface area (Å²) in [4.78, 5) is 32.5. The van der Waals surface area contributed by atoms with Gasteiger partial charge < -0.3 is 21.1 Å². The molecule has 75 heavy (non-hydrogen) atoms. The van der Waals surface area contributed by atoms with Crippen molar-refractivity contribution < 1.29 is 75.1 Å². The first-order chi connectivity index (χ1) is 34.5. The van der Waals surface area contributed by atoms with E-state index < -0.39 is 166 Å². The molecule has 2 fully saturated rings. The van der Waals surface area contributed by atoms with Gasteiger partial charge >= 0.3 is 18.4 Å². The monoisotopic (exact) mass is 1120 g/mol. The number of carbonyl (C=O) groups is 2. The zero-order valence-electron chi connectivity index (χ0n) is 39.3. The number of ether oxygens (including phenoxy) is 1. The second-order valence-electron chi connectivity index (χ2n) is 18.8. The number of alkyl halides is 8. The number of hydrogen-bond acceptors (Lipinski definition) is 11. The molecule has 3 atom stereocenters. The predicted octanol–water partition coefficient (Wildman–Crippen LogP) is 7.21. The highest BCUT2D eigenvalue weighted by molar-refractivity contribution is 7.93. The van der Waals surface area contributed by atoms with Gasteiger partial charge in [-0.15, -0.1) is 0 Å². The van der Waals surface area contributed by atoms with Crippen LogP contribution in [0.2, 0.25) is 5.02 Å². The van der Waals surface area contributed by atoms with E-state index in [-0.39, 0.29) is 55.3 Å². The molecule has 2 aromatic carbocycles. The third-order valence-electron chi connectivity index (χ3n) is 12.7. The summed E-state index contributed by atoms with van der Waals surface area (Å²) in [6.45, 7) is -0.842. The number of guanidine groups is 1. The van der Waals surface area contributed by atoms with E-state index in [1.807, 2.05) is 0 Å². The number of sulfone groups is 1. The fraction of sp³-hybridized carbons (Fsp3) is 0.422. The van der Waals surface area contributed by atoms with Gasteiger partial charge in [-0.1, -0.05) is 23.6 Å². The second kappa shape index (κ2) is 18.9. The number of anilines is 1. The number of pyridine rings is 1. The minimum Gasteiger partial charge on any atom is -0.445 e. The van der Waals surface area contributed by atoms with Crippen molar-refractivity contribution in [2.45, 2.75) is 99.7 Å². The number of halogens is 11. The molecule has 5 N–H and O–H groups in total. The molecule has 3 heterocycles. The van der Waals surface area contributed by atoms with Crippen LogP contribution in [0.25, 0.3) is 22.0 Å². The molecule has 0 unspecified atom stereocenters. The summed E-state index contributed by atoms with van der Waals surface area (Å²) in [6.07, 6.45) is -12.5.